The summed E-state index contributed by atoms with van der Waals surface area (Å²) in [5.74, 6) is 0.526. The highest BCUT2D eigenvalue weighted by atomic mass is 32.1. The molecule has 1 aliphatic rings. The van der Waals surface area contributed by atoms with E-state index in [1.54, 1.807) is 7.05 Å². The number of rotatable bonds is 5. The number of carbonyl (C=O) groups is 1. The van der Waals surface area contributed by atoms with Crippen LogP contribution in [0.25, 0.3) is 11.5 Å². The molecule has 0 spiro atoms. The van der Waals surface area contributed by atoms with Gasteiger partial charge in [0.15, 0.2) is 5.82 Å². The van der Waals surface area contributed by atoms with Crippen molar-refractivity contribution in [1.82, 2.24) is 30.0 Å². The van der Waals surface area contributed by atoms with Crippen LogP contribution < -0.4 is 5.56 Å². The third-order valence-electron chi connectivity index (χ3n) is 4.29. The van der Waals surface area contributed by atoms with Gasteiger partial charge in [0.25, 0.3) is 11.5 Å². The first-order valence-electron chi connectivity index (χ1n) is 8.32. The summed E-state index contributed by atoms with van der Waals surface area (Å²) in [7, 11) is 1.65. The van der Waals surface area contributed by atoms with E-state index in [2.05, 4.69) is 25.1 Å². The van der Waals surface area contributed by atoms with Crippen molar-refractivity contribution in [3.05, 3.63) is 50.0 Å². The molecule has 1 saturated carbocycles. The highest BCUT2D eigenvalue weighted by molar-refractivity contribution is 7.09. The molecular formula is C17H18N6O2S. The standard InChI is InChI=1S/C17H18N6O2S/c1-9-19-14(8-26-9)15-18-6-12(16(24)20-15)17(25)23(2)7-11-5-13(22-21-11)10-3-4-10/h5-6,8,10H,3-4,7H2,1-2H3,(H,21,22)(H,18,20,24). The zero-order valence-electron chi connectivity index (χ0n) is 14.4. The van der Waals surface area contributed by atoms with Crippen LogP contribution in [-0.4, -0.2) is 43.0 Å². The van der Waals surface area contributed by atoms with Gasteiger partial charge in [-0.05, 0) is 25.8 Å². The fraction of sp³-hybridized carbons (Fsp3) is 0.353. The first kappa shape index (κ1) is 16.6. The molecule has 0 bridgehead atoms. The minimum Gasteiger partial charge on any atom is -0.336 e. The van der Waals surface area contributed by atoms with Gasteiger partial charge in [-0.2, -0.15) is 5.10 Å². The third kappa shape index (κ3) is 3.30. The second-order valence-corrected chi connectivity index (χ2v) is 7.54. The molecule has 1 amide bonds. The minimum absolute atomic E-state index is 0.00475. The molecule has 0 radical (unpaired) electrons. The Kier molecular flexibility index (Phi) is 4.15. The monoisotopic (exact) mass is 370 g/mol. The van der Waals surface area contributed by atoms with E-state index in [1.807, 2.05) is 18.4 Å². The van der Waals surface area contributed by atoms with E-state index >= 15 is 0 Å². The van der Waals surface area contributed by atoms with E-state index < -0.39 is 5.56 Å². The molecular weight excluding hydrogens is 352 g/mol. The lowest BCUT2D eigenvalue weighted by atomic mass is 10.2. The van der Waals surface area contributed by atoms with Crippen molar-refractivity contribution < 1.29 is 4.79 Å². The molecule has 4 rings (SSSR count). The molecule has 26 heavy (non-hydrogen) atoms. The van der Waals surface area contributed by atoms with Gasteiger partial charge in [-0.3, -0.25) is 14.7 Å². The van der Waals surface area contributed by atoms with Crippen molar-refractivity contribution in [3.8, 4) is 11.5 Å². The lowest BCUT2D eigenvalue weighted by Gasteiger charge is -2.15. The second kappa shape index (κ2) is 6.49. The van der Waals surface area contributed by atoms with Crippen LogP contribution in [0.4, 0.5) is 0 Å². The summed E-state index contributed by atoms with van der Waals surface area (Å²) in [6.07, 6.45) is 3.65. The first-order valence-corrected chi connectivity index (χ1v) is 9.20. The number of nitrogens with one attached hydrogen (secondary N) is 2. The molecule has 3 aromatic rings. The molecule has 3 heterocycles. The van der Waals surface area contributed by atoms with Gasteiger partial charge in [-0.1, -0.05) is 0 Å². The second-order valence-electron chi connectivity index (χ2n) is 6.48. The Morgan fingerprint density at radius 2 is 2.23 bits per heavy atom. The number of thiazole rings is 1. The normalized spacial score (nSPS) is 13.8. The van der Waals surface area contributed by atoms with E-state index in [-0.39, 0.29) is 11.5 Å². The van der Waals surface area contributed by atoms with Gasteiger partial charge in [0.1, 0.15) is 11.3 Å². The van der Waals surface area contributed by atoms with E-state index in [1.165, 1.54) is 35.3 Å². The van der Waals surface area contributed by atoms with Crippen LogP contribution in [0, 0.1) is 6.92 Å². The molecule has 0 saturated heterocycles. The summed E-state index contributed by atoms with van der Waals surface area (Å²) in [6.45, 7) is 2.23. The fourth-order valence-electron chi connectivity index (χ4n) is 2.73. The Labute approximate surface area is 153 Å². The number of hydrogen-bond acceptors (Lipinski definition) is 6. The lowest BCUT2D eigenvalue weighted by molar-refractivity contribution is 0.0781. The molecule has 1 aliphatic carbocycles. The molecule has 8 nitrogen and oxygen atoms in total. The van der Waals surface area contributed by atoms with Crippen LogP contribution in [0.2, 0.25) is 0 Å². The van der Waals surface area contributed by atoms with Crippen molar-refractivity contribution in [2.24, 2.45) is 0 Å². The molecule has 9 heteroatoms. The molecule has 1 fully saturated rings. The predicted octanol–water partition coefficient (Wildman–Crippen LogP) is 2.07. The summed E-state index contributed by atoms with van der Waals surface area (Å²) in [6, 6.07) is 1.98. The van der Waals surface area contributed by atoms with E-state index in [4.69, 9.17) is 0 Å². The van der Waals surface area contributed by atoms with Gasteiger partial charge in [0.05, 0.1) is 22.9 Å². The molecule has 134 valence electrons. The fourth-order valence-corrected chi connectivity index (χ4v) is 3.33. The summed E-state index contributed by atoms with van der Waals surface area (Å²) >= 11 is 1.47. The zero-order chi connectivity index (χ0) is 18.3. The van der Waals surface area contributed by atoms with Crippen molar-refractivity contribution in [2.45, 2.75) is 32.2 Å². The highest BCUT2D eigenvalue weighted by Gasteiger charge is 2.26. The molecule has 0 unspecified atom stereocenters. The average molecular weight is 370 g/mol. The lowest BCUT2D eigenvalue weighted by Crippen LogP contribution is -2.31. The molecule has 3 aromatic heterocycles. The number of aromatic nitrogens is 5. The number of nitrogens with zero attached hydrogens (tertiary/aromatic N) is 4. The van der Waals surface area contributed by atoms with Crippen LogP contribution >= 0.6 is 11.3 Å². The maximum absolute atomic E-state index is 12.6. The van der Waals surface area contributed by atoms with Crippen molar-refractivity contribution in [2.75, 3.05) is 7.05 Å². The number of aryl methyl sites for hydroxylation is 1. The molecule has 0 aliphatic heterocycles. The van der Waals surface area contributed by atoms with Crippen LogP contribution in [-0.2, 0) is 6.54 Å². The Morgan fingerprint density at radius 3 is 2.88 bits per heavy atom. The smallest absolute Gasteiger partial charge is 0.264 e. The summed E-state index contributed by atoms with van der Waals surface area (Å²) < 4.78 is 0. The van der Waals surface area contributed by atoms with Crippen molar-refractivity contribution >= 4 is 17.2 Å². The van der Waals surface area contributed by atoms with Gasteiger partial charge >= 0.3 is 0 Å². The van der Waals surface area contributed by atoms with Gasteiger partial charge < -0.3 is 9.88 Å². The number of carbonyl (C=O) groups excluding carboxylic acids is 1. The Morgan fingerprint density at radius 1 is 1.42 bits per heavy atom. The minimum atomic E-state index is -0.471. The quantitative estimate of drug-likeness (QED) is 0.715. The Hall–Kier alpha value is -2.81. The maximum Gasteiger partial charge on any atom is 0.264 e. The van der Waals surface area contributed by atoms with Crippen LogP contribution in [0.5, 0.6) is 0 Å². The number of hydrogen-bond donors (Lipinski definition) is 2. The van der Waals surface area contributed by atoms with Gasteiger partial charge in [-0.25, -0.2) is 9.97 Å². The van der Waals surface area contributed by atoms with E-state index in [0.717, 1.165) is 16.4 Å². The molecule has 0 aromatic carbocycles. The van der Waals surface area contributed by atoms with Crippen LogP contribution in [0.1, 0.15) is 45.5 Å². The Bertz CT molecular complexity index is 1020. The zero-order valence-corrected chi connectivity index (χ0v) is 15.3. The number of amides is 1. The van der Waals surface area contributed by atoms with Crippen LogP contribution in [0.3, 0.4) is 0 Å². The Balaban J connectivity index is 1.50. The number of aromatic amines is 2. The van der Waals surface area contributed by atoms with Gasteiger partial charge in [0, 0.05) is 24.5 Å². The van der Waals surface area contributed by atoms with E-state index in [0.29, 0.717) is 24.0 Å². The number of H-pyrrole nitrogens is 2. The average Bonchev–Trinajstić information content (AvgIpc) is 3.22. The largest absolute Gasteiger partial charge is 0.336 e. The van der Waals surface area contributed by atoms with Gasteiger partial charge in [-0.15, -0.1) is 11.3 Å². The maximum atomic E-state index is 12.6. The predicted molar refractivity (Wildman–Crippen MR) is 97.1 cm³/mol. The third-order valence-corrected chi connectivity index (χ3v) is 5.07. The molecule has 0 atom stereocenters. The summed E-state index contributed by atoms with van der Waals surface area (Å²) in [5.41, 5.74) is 2.03. The SMILES string of the molecule is Cc1nc(-c2ncc(C(=O)N(C)Cc3cc(C4CC4)n[nH]3)c(=O)[nH]2)cs1. The van der Waals surface area contributed by atoms with Gasteiger partial charge in [0.2, 0.25) is 0 Å². The van der Waals surface area contributed by atoms with Crippen molar-refractivity contribution in [1.29, 1.82) is 0 Å². The molecule has 2 N–H and O–H groups in total. The van der Waals surface area contributed by atoms with Crippen molar-refractivity contribution in [3.63, 3.8) is 0 Å². The van der Waals surface area contributed by atoms with E-state index in [9.17, 15) is 9.59 Å². The van der Waals surface area contributed by atoms with Crippen LogP contribution in [0.15, 0.2) is 22.4 Å². The highest BCUT2D eigenvalue weighted by Crippen LogP contribution is 2.39. The topological polar surface area (TPSA) is 108 Å². The summed E-state index contributed by atoms with van der Waals surface area (Å²) in [4.78, 5) is 37.5. The summed E-state index contributed by atoms with van der Waals surface area (Å²) in [5, 5.41) is 9.94. The first-order chi connectivity index (χ1) is 12.5.